The third-order valence-corrected chi connectivity index (χ3v) is 4.63. The van der Waals surface area contributed by atoms with E-state index >= 15 is 0 Å². The fourth-order valence-corrected chi connectivity index (χ4v) is 3.18. The molecule has 2 amide bonds. The molecule has 0 aliphatic carbocycles. The van der Waals surface area contributed by atoms with Crippen molar-refractivity contribution in [1.82, 2.24) is 25.2 Å². The van der Waals surface area contributed by atoms with Crippen LogP contribution in [-0.2, 0) is 16.1 Å². The van der Waals surface area contributed by atoms with Gasteiger partial charge in [0.25, 0.3) is 11.8 Å². The van der Waals surface area contributed by atoms with Crippen molar-refractivity contribution >= 4 is 11.8 Å². The Morgan fingerprint density at radius 1 is 1.31 bits per heavy atom. The van der Waals surface area contributed by atoms with Crippen LogP contribution in [0.1, 0.15) is 23.3 Å². The molecule has 29 heavy (non-hydrogen) atoms. The number of carbonyl (C=O) groups is 2. The summed E-state index contributed by atoms with van der Waals surface area (Å²) in [6.07, 6.45) is 3.28. The predicted molar refractivity (Wildman–Crippen MR) is 101 cm³/mol. The van der Waals surface area contributed by atoms with Gasteiger partial charge in [0.2, 0.25) is 0 Å². The Hall–Kier alpha value is -3.01. The topological polar surface area (TPSA) is 98.6 Å². The number of amides is 2. The van der Waals surface area contributed by atoms with Crippen molar-refractivity contribution in [2.24, 2.45) is 0 Å². The summed E-state index contributed by atoms with van der Waals surface area (Å²) in [6.45, 7) is 1.77. The van der Waals surface area contributed by atoms with Gasteiger partial charge in [-0.15, -0.1) is 5.10 Å². The number of ether oxygens (including phenoxy) is 2. The summed E-state index contributed by atoms with van der Waals surface area (Å²) < 4.78 is 24.9. The maximum atomic E-state index is 12.9. The lowest BCUT2D eigenvalue weighted by atomic mass is 10.2. The first-order valence-electron chi connectivity index (χ1n) is 9.42. The highest BCUT2D eigenvalue weighted by atomic mass is 19.1. The Morgan fingerprint density at radius 2 is 2.10 bits per heavy atom. The van der Waals surface area contributed by atoms with Gasteiger partial charge in [-0.05, 0) is 37.1 Å². The van der Waals surface area contributed by atoms with Gasteiger partial charge in [0.1, 0.15) is 11.6 Å². The van der Waals surface area contributed by atoms with Gasteiger partial charge in [-0.2, -0.15) is 0 Å². The monoisotopic (exact) mass is 405 g/mol. The van der Waals surface area contributed by atoms with Crippen molar-refractivity contribution in [3.8, 4) is 5.75 Å². The van der Waals surface area contributed by atoms with Gasteiger partial charge in [0.05, 0.1) is 25.4 Å². The summed E-state index contributed by atoms with van der Waals surface area (Å²) in [6, 6.07) is 5.49. The van der Waals surface area contributed by atoms with Crippen molar-refractivity contribution in [3.63, 3.8) is 0 Å². The van der Waals surface area contributed by atoms with E-state index in [1.165, 1.54) is 24.3 Å². The molecule has 0 bridgehead atoms. The van der Waals surface area contributed by atoms with Gasteiger partial charge in [0.15, 0.2) is 12.3 Å². The molecule has 0 unspecified atom stereocenters. The molecule has 1 fully saturated rings. The zero-order valence-corrected chi connectivity index (χ0v) is 16.2. The lowest BCUT2D eigenvalue weighted by molar-refractivity contribution is -0.134. The van der Waals surface area contributed by atoms with Crippen molar-refractivity contribution in [2.75, 3.05) is 33.4 Å². The molecule has 2 heterocycles. The molecule has 10 heteroatoms. The molecule has 1 aromatic heterocycles. The minimum absolute atomic E-state index is 0.0505. The lowest BCUT2D eigenvalue weighted by Crippen LogP contribution is -2.40. The van der Waals surface area contributed by atoms with E-state index < -0.39 is 0 Å². The third kappa shape index (κ3) is 5.74. The maximum Gasteiger partial charge on any atom is 0.273 e. The quantitative estimate of drug-likeness (QED) is 0.622. The number of hydrogen-bond acceptors (Lipinski definition) is 6. The number of hydrogen-bond donors (Lipinski definition) is 1. The van der Waals surface area contributed by atoms with E-state index in [4.69, 9.17) is 9.47 Å². The number of methoxy groups -OCH3 is 1. The Morgan fingerprint density at radius 3 is 2.86 bits per heavy atom. The summed E-state index contributed by atoms with van der Waals surface area (Å²) in [4.78, 5) is 26.3. The van der Waals surface area contributed by atoms with E-state index in [0.717, 1.165) is 12.8 Å². The van der Waals surface area contributed by atoms with E-state index in [1.807, 2.05) is 0 Å². The molecule has 156 valence electrons. The van der Waals surface area contributed by atoms with Gasteiger partial charge in [0, 0.05) is 20.2 Å². The number of benzene rings is 1. The van der Waals surface area contributed by atoms with Gasteiger partial charge in [-0.1, -0.05) is 5.21 Å². The molecule has 2 aromatic rings. The van der Waals surface area contributed by atoms with Crippen LogP contribution in [0.5, 0.6) is 5.75 Å². The first-order chi connectivity index (χ1) is 14.1. The van der Waals surface area contributed by atoms with Crippen LogP contribution < -0.4 is 10.1 Å². The molecular weight excluding hydrogens is 381 g/mol. The Labute approximate surface area is 167 Å². The number of aromatic nitrogens is 3. The molecule has 1 atom stereocenters. The maximum absolute atomic E-state index is 12.9. The summed E-state index contributed by atoms with van der Waals surface area (Å²) in [5.41, 5.74) is 0.219. The molecule has 1 aliphatic rings. The standard InChI is InChI=1S/C19H24FN5O4/c1-28-10-8-21-19(27)17-12-24(23-22-17)11-15-3-2-9-25(15)18(26)13-29-16-6-4-14(20)5-7-16/h4-7,12,15H,2-3,8-11,13H2,1H3,(H,21,27)/t15-/m0/s1. The van der Waals surface area contributed by atoms with Crippen molar-refractivity contribution in [3.05, 3.63) is 42.0 Å². The van der Waals surface area contributed by atoms with E-state index in [-0.39, 0.29) is 36.0 Å². The Bertz CT molecular complexity index is 826. The van der Waals surface area contributed by atoms with E-state index in [9.17, 15) is 14.0 Å². The fraction of sp³-hybridized carbons (Fsp3) is 0.474. The number of carbonyl (C=O) groups excluding carboxylic acids is 2. The van der Waals surface area contributed by atoms with Gasteiger partial charge >= 0.3 is 0 Å². The minimum Gasteiger partial charge on any atom is -0.484 e. The smallest absolute Gasteiger partial charge is 0.273 e. The number of nitrogens with one attached hydrogen (secondary N) is 1. The van der Waals surface area contributed by atoms with Crippen LogP contribution in [0, 0.1) is 5.82 Å². The average molecular weight is 405 g/mol. The predicted octanol–water partition coefficient (Wildman–Crippen LogP) is 0.863. The molecule has 1 N–H and O–H groups in total. The van der Waals surface area contributed by atoms with Crippen LogP contribution in [0.2, 0.25) is 0 Å². The highest BCUT2D eigenvalue weighted by Crippen LogP contribution is 2.19. The Kier molecular flexibility index (Phi) is 7.12. The Balaban J connectivity index is 1.52. The second-order valence-corrected chi connectivity index (χ2v) is 6.70. The van der Waals surface area contributed by atoms with Crippen molar-refractivity contribution in [2.45, 2.75) is 25.4 Å². The zero-order chi connectivity index (χ0) is 20.6. The fourth-order valence-electron chi connectivity index (χ4n) is 3.18. The molecule has 0 spiro atoms. The van der Waals surface area contributed by atoms with Crippen LogP contribution in [0.25, 0.3) is 0 Å². The van der Waals surface area contributed by atoms with Crippen molar-refractivity contribution in [1.29, 1.82) is 0 Å². The minimum atomic E-state index is -0.358. The van der Waals surface area contributed by atoms with Crippen LogP contribution in [0.3, 0.4) is 0 Å². The second kappa shape index (κ2) is 9.97. The molecule has 3 rings (SSSR count). The molecule has 1 aliphatic heterocycles. The third-order valence-electron chi connectivity index (χ3n) is 4.63. The molecule has 0 saturated carbocycles. The van der Waals surface area contributed by atoms with Crippen LogP contribution >= 0.6 is 0 Å². The number of rotatable bonds is 9. The lowest BCUT2D eigenvalue weighted by Gasteiger charge is -2.24. The molecular formula is C19H24FN5O4. The van der Waals surface area contributed by atoms with Gasteiger partial charge in [-0.3, -0.25) is 9.59 Å². The summed E-state index contributed by atoms with van der Waals surface area (Å²) in [5.74, 6) is -0.381. The number of nitrogens with zero attached hydrogens (tertiary/aromatic N) is 4. The number of halogens is 1. The highest BCUT2D eigenvalue weighted by molar-refractivity contribution is 5.91. The second-order valence-electron chi connectivity index (χ2n) is 6.70. The largest absolute Gasteiger partial charge is 0.484 e. The average Bonchev–Trinajstić information content (AvgIpc) is 3.37. The summed E-state index contributed by atoms with van der Waals surface area (Å²) in [7, 11) is 1.56. The molecule has 0 radical (unpaired) electrons. The summed E-state index contributed by atoms with van der Waals surface area (Å²) >= 11 is 0. The molecule has 9 nitrogen and oxygen atoms in total. The van der Waals surface area contributed by atoms with Gasteiger partial charge < -0.3 is 19.7 Å². The van der Waals surface area contributed by atoms with Crippen LogP contribution in [0.15, 0.2) is 30.5 Å². The molecule has 1 saturated heterocycles. The van der Waals surface area contributed by atoms with Gasteiger partial charge in [-0.25, -0.2) is 9.07 Å². The highest BCUT2D eigenvalue weighted by Gasteiger charge is 2.29. The number of likely N-dealkylation sites (tertiary alicyclic amines) is 1. The van der Waals surface area contributed by atoms with E-state index in [2.05, 4.69) is 15.6 Å². The SMILES string of the molecule is COCCNC(=O)c1cn(C[C@@H]2CCCN2C(=O)COc2ccc(F)cc2)nn1. The summed E-state index contributed by atoms with van der Waals surface area (Å²) in [5, 5.41) is 10.6. The first-order valence-corrected chi connectivity index (χ1v) is 9.42. The van der Waals surface area contributed by atoms with Crippen LogP contribution in [0.4, 0.5) is 4.39 Å². The first kappa shape index (κ1) is 20.7. The van der Waals surface area contributed by atoms with E-state index in [0.29, 0.717) is 32.0 Å². The normalized spacial score (nSPS) is 16.1. The van der Waals surface area contributed by atoms with Crippen LogP contribution in [-0.4, -0.2) is 71.2 Å². The van der Waals surface area contributed by atoms with Crippen molar-refractivity contribution < 1.29 is 23.5 Å². The zero-order valence-electron chi connectivity index (χ0n) is 16.2. The van der Waals surface area contributed by atoms with E-state index in [1.54, 1.807) is 22.9 Å². The molecule has 1 aromatic carbocycles.